The molecule has 0 saturated carbocycles. The smallest absolute Gasteiger partial charge is 0.269 e. The van der Waals surface area contributed by atoms with E-state index in [1.807, 2.05) is 0 Å². The predicted octanol–water partition coefficient (Wildman–Crippen LogP) is 0.331. The minimum atomic E-state index is -3.78. The van der Waals surface area contributed by atoms with Crippen LogP contribution in [0.3, 0.4) is 0 Å². The maximum atomic E-state index is 12.7. The summed E-state index contributed by atoms with van der Waals surface area (Å²) in [7, 11) is -1.99. The first-order valence-corrected chi connectivity index (χ1v) is 9.47. The molecular formula is C15H22N4O5S. The van der Waals surface area contributed by atoms with E-state index in [0.29, 0.717) is 32.5 Å². The Morgan fingerprint density at radius 2 is 2.00 bits per heavy atom. The third-order valence-corrected chi connectivity index (χ3v) is 5.99. The summed E-state index contributed by atoms with van der Waals surface area (Å²) in [5.41, 5.74) is -0.167. The van der Waals surface area contributed by atoms with E-state index in [9.17, 15) is 23.3 Å². The highest BCUT2D eigenvalue weighted by Gasteiger charge is 2.33. The second kappa shape index (κ2) is 8.37. The number of rotatable bonds is 7. The van der Waals surface area contributed by atoms with E-state index in [1.165, 1.54) is 28.6 Å². The molecule has 0 bridgehead atoms. The number of hydrogen-bond donors (Lipinski definition) is 2. The highest BCUT2D eigenvalue weighted by atomic mass is 32.2. The van der Waals surface area contributed by atoms with Crippen LogP contribution in [-0.2, 0) is 14.8 Å². The van der Waals surface area contributed by atoms with Crippen molar-refractivity contribution in [1.82, 2.24) is 14.9 Å². The second-order valence-electron chi connectivity index (χ2n) is 5.85. The standard InChI is InChI=1S/C15H22N4O5S/c1-16-8-9-17-15(20)12-3-2-10-18(11-12)25(23,24)14-6-4-13(5-7-14)19(21)22/h4-7,12,16H,2-3,8-11H2,1H3,(H,17,20). The van der Waals surface area contributed by atoms with Gasteiger partial charge in [0, 0.05) is 38.3 Å². The minimum Gasteiger partial charge on any atom is -0.355 e. The molecule has 1 amide bonds. The lowest BCUT2D eigenvalue weighted by Crippen LogP contribution is -2.46. The number of carbonyl (C=O) groups excluding carboxylic acids is 1. The van der Waals surface area contributed by atoms with Crippen LogP contribution in [0.1, 0.15) is 12.8 Å². The van der Waals surface area contributed by atoms with Crippen LogP contribution in [0.25, 0.3) is 0 Å². The van der Waals surface area contributed by atoms with Gasteiger partial charge < -0.3 is 10.6 Å². The second-order valence-corrected chi connectivity index (χ2v) is 7.79. The van der Waals surface area contributed by atoms with Crippen LogP contribution < -0.4 is 10.6 Å². The van der Waals surface area contributed by atoms with E-state index in [4.69, 9.17) is 0 Å². The number of piperidine rings is 1. The Labute approximate surface area is 146 Å². The molecule has 2 N–H and O–H groups in total. The lowest BCUT2D eigenvalue weighted by atomic mass is 9.99. The van der Waals surface area contributed by atoms with Crippen molar-refractivity contribution in [3.8, 4) is 0 Å². The van der Waals surface area contributed by atoms with Crippen LogP contribution in [0.4, 0.5) is 5.69 Å². The number of hydrogen-bond acceptors (Lipinski definition) is 6. The maximum Gasteiger partial charge on any atom is 0.269 e. The molecule has 1 fully saturated rings. The molecule has 10 heteroatoms. The van der Waals surface area contributed by atoms with E-state index >= 15 is 0 Å². The third kappa shape index (κ3) is 4.74. The Bertz CT molecular complexity index is 720. The number of nitrogens with zero attached hydrogens (tertiary/aromatic N) is 2. The molecule has 1 saturated heterocycles. The first-order chi connectivity index (χ1) is 11.9. The summed E-state index contributed by atoms with van der Waals surface area (Å²) < 4.78 is 26.7. The maximum absolute atomic E-state index is 12.7. The van der Waals surface area contributed by atoms with Crippen molar-refractivity contribution in [3.63, 3.8) is 0 Å². The van der Waals surface area contributed by atoms with Crippen LogP contribution in [0.5, 0.6) is 0 Å². The van der Waals surface area contributed by atoms with Gasteiger partial charge in [0.2, 0.25) is 15.9 Å². The Morgan fingerprint density at radius 1 is 1.32 bits per heavy atom. The van der Waals surface area contributed by atoms with Crippen LogP contribution in [0, 0.1) is 16.0 Å². The van der Waals surface area contributed by atoms with Gasteiger partial charge in [-0.2, -0.15) is 4.31 Å². The van der Waals surface area contributed by atoms with E-state index in [-0.39, 0.29) is 23.0 Å². The first-order valence-electron chi connectivity index (χ1n) is 8.03. The average Bonchev–Trinajstić information content (AvgIpc) is 2.62. The average molecular weight is 370 g/mol. The normalized spacial score (nSPS) is 18.7. The number of benzene rings is 1. The highest BCUT2D eigenvalue weighted by Crippen LogP contribution is 2.25. The Kier molecular flexibility index (Phi) is 6.45. The van der Waals surface area contributed by atoms with Gasteiger partial charge in [0.15, 0.2) is 0 Å². The SMILES string of the molecule is CNCCNC(=O)C1CCCN(S(=O)(=O)c2ccc([N+](=O)[O-])cc2)C1. The summed E-state index contributed by atoms with van der Waals surface area (Å²) in [6.45, 7) is 1.58. The zero-order valence-corrected chi connectivity index (χ0v) is 14.8. The molecule has 0 aliphatic carbocycles. The fourth-order valence-corrected chi connectivity index (χ4v) is 4.24. The molecular weight excluding hydrogens is 348 g/mol. The molecule has 1 heterocycles. The van der Waals surface area contributed by atoms with Crippen molar-refractivity contribution < 1.29 is 18.1 Å². The molecule has 1 unspecified atom stereocenters. The van der Waals surface area contributed by atoms with E-state index in [0.717, 1.165) is 0 Å². The molecule has 0 radical (unpaired) electrons. The molecule has 1 aromatic carbocycles. The van der Waals surface area contributed by atoms with Crippen LogP contribution >= 0.6 is 0 Å². The molecule has 2 rings (SSSR count). The van der Waals surface area contributed by atoms with Gasteiger partial charge in [0.25, 0.3) is 5.69 Å². The van der Waals surface area contributed by atoms with Crippen molar-refractivity contribution in [2.45, 2.75) is 17.7 Å². The van der Waals surface area contributed by atoms with Gasteiger partial charge in [-0.1, -0.05) is 0 Å². The van der Waals surface area contributed by atoms with Gasteiger partial charge in [-0.25, -0.2) is 8.42 Å². The van der Waals surface area contributed by atoms with Crippen molar-refractivity contribution >= 4 is 21.6 Å². The summed E-state index contributed by atoms with van der Waals surface area (Å²) in [6.07, 6.45) is 1.23. The fraction of sp³-hybridized carbons (Fsp3) is 0.533. The number of likely N-dealkylation sites (N-methyl/N-ethyl adjacent to an activating group) is 1. The molecule has 1 atom stereocenters. The molecule has 1 aromatic rings. The number of nitro benzene ring substituents is 1. The summed E-state index contributed by atoms with van der Waals surface area (Å²) in [5.74, 6) is -0.544. The molecule has 0 aromatic heterocycles. The lowest BCUT2D eigenvalue weighted by molar-refractivity contribution is -0.384. The summed E-state index contributed by atoms with van der Waals surface area (Å²) in [6, 6.07) is 4.78. The lowest BCUT2D eigenvalue weighted by Gasteiger charge is -2.31. The topological polar surface area (TPSA) is 122 Å². The molecule has 25 heavy (non-hydrogen) atoms. The van der Waals surface area contributed by atoms with Crippen LogP contribution in [0.2, 0.25) is 0 Å². The van der Waals surface area contributed by atoms with Gasteiger partial charge in [-0.05, 0) is 32.0 Å². The summed E-state index contributed by atoms with van der Waals surface area (Å²) >= 11 is 0. The zero-order chi connectivity index (χ0) is 18.4. The number of nitrogens with one attached hydrogen (secondary N) is 2. The minimum absolute atomic E-state index is 0.00524. The van der Waals surface area contributed by atoms with Gasteiger partial charge in [0.05, 0.1) is 15.7 Å². The number of non-ortho nitro benzene ring substituents is 1. The number of amides is 1. The van der Waals surface area contributed by atoms with E-state index in [1.54, 1.807) is 7.05 Å². The van der Waals surface area contributed by atoms with Crippen molar-refractivity contribution in [3.05, 3.63) is 34.4 Å². The first kappa shape index (κ1) is 19.3. The largest absolute Gasteiger partial charge is 0.355 e. The molecule has 0 spiro atoms. The zero-order valence-electron chi connectivity index (χ0n) is 14.0. The van der Waals surface area contributed by atoms with Crippen molar-refractivity contribution in [1.29, 1.82) is 0 Å². The molecule has 1 aliphatic rings. The van der Waals surface area contributed by atoms with Gasteiger partial charge >= 0.3 is 0 Å². The van der Waals surface area contributed by atoms with Gasteiger partial charge in [-0.15, -0.1) is 0 Å². The fourth-order valence-electron chi connectivity index (χ4n) is 2.72. The Hall–Kier alpha value is -2.04. The number of sulfonamides is 1. The summed E-state index contributed by atoms with van der Waals surface area (Å²) in [5, 5.41) is 16.4. The molecule has 1 aliphatic heterocycles. The Balaban J connectivity index is 2.08. The molecule has 138 valence electrons. The highest BCUT2D eigenvalue weighted by molar-refractivity contribution is 7.89. The van der Waals surface area contributed by atoms with Gasteiger partial charge in [0.1, 0.15) is 0 Å². The van der Waals surface area contributed by atoms with Gasteiger partial charge in [-0.3, -0.25) is 14.9 Å². The van der Waals surface area contributed by atoms with Crippen LogP contribution in [0.15, 0.2) is 29.2 Å². The number of nitro groups is 1. The third-order valence-electron chi connectivity index (χ3n) is 4.11. The monoisotopic (exact) mass is 370 g/mol. The molecule has 9 nitrogen and oxygen atoms in total. The predicted molar refractivity (Wildman–Crippen MR) is 91.5 cm³/mol. The van der Waals surface area contributed by atoms with E-state index < -0.39 is 20.9 Å². The quantitative estimate of drug-likeness (QED) is 0.405. The Morgan fingerprint density at radius 3 is 2.60 bits per heavy atom. The van der Waals surface area contributed by atoms with Crippen LogP contribution in [-0.4, -0.2) is 56.8 Å². The van der Waals surface area contributed by atoms with Crippen molar-refractivity contribution in [2.24, 2.45) is 5.92 Å². The number of carbonyl (C=O) groups is 1. The van der Waals surface area contributed by atoms with E-state index in [2.05, 4.69) is 10.6 Å². The summed E-state index contributed by atoms with van der Waals surface area (Å²) in [4.78, 5) is 22.3. The van der Waals surface area contributed by atoms with Crippen molar-refractivity contribution in [2.75, 3.05) is 33.2 Å².